The molecule has 2 rings (SSSR count). The maximum atomic E-state index is 5.85. The van der Waals surface area contributed by atoms with Crippen molar-refractivity contribution in [3.05, 3.63) is 34.9 Å². The van der Waals surface area contributed by atoms with E-state index >= 15 is 0 Å². The molecule has 1 aliphatic carbocycles. The number of benzene rings is 1. The fourth-order valence-electron chi connectivity index (χ4n) is 2.38. The molecule has 0 unspecified atom stereocenters. The molecule has 1 aromatic rings. The molecule has 0 bridgehead atoms. The van der Waals surface area contributed by atoms with Gasteiger partial charge in [0, 0.05) is 11.1 Å². The van der Waals surface area contributed by atoms with Gasteiger partial charge in [-0.05, 0) is 49.9 Å². The maximum absolute atomic E-state index is 5.85. The summed E-state index contributed by atoms with van der Waals surface area (Å²) in [5.41, 5.74) is 1.39. The summed E-state index contributed by atoms with van der Waals surface area (Å²) < 4.78 is 0. The standard InChI is InChI=1S/C14H20ClN.ClH/c15-13-9-7-12(8-10-13)4-3-11-16-14-5-1-2-6-14;/h7-10,14,16H,1-6,11H2;1H. The van der Waals surface area contributed by atoms with Gasteiger partial charge in [-0.2, -0.15) is 0 Å². The zero-order chi connectivity index (χ0) is 11.2. The summed E-state index contributed by atoms with van der Waals surface area (Å²) in [4.78, 5) is 0. The van der Waals surface area contributed by atoms with Gasteiger partial charge in [-0.3, -0.25) is 0 Å². The van der Waals surface area contributed by atoms with Crippen molar-refractivity contribution < 1.29 is 0 Å². The third-order valence-corrected chi connectivity index (χ3v) is 3.60. The van der Waals surface area contributed by atoms with E-state index in [1.165, 1.54) is 37.7 Å². The molecule has 3 heteroatoms. The summed E-state index contributed by atoms with van der Waals surface area (Å²) in [6.07, 6.45) is 7.95. The van der Waals surface area contributed by atoms with Gasteiger partial charge in [-0.15, -0.1) is 12.4 Å². The molecule has 1 nitrogen and oxygen atoms in total. The van der Waals surface area contributed by atoms with E-state index in [1.54, 1.807) is 0 Å². The first-order chi connectivity index (χ1) is 7.84. The fraction of sp³-hybridized carbons (Fsp3) is 0.571. The first kappa shape index (κ1) is 14.8. The molecule has 0 aromatic heterocycles. The van der Waals surface area contributed by atoms with Gasteiger partial charge >= 0.3 is 0 Å². The van der Waals surface area contributed by atoms with Crippen LogP contribution in [0.1, 0.15) is 37.7 Å². The zero-order valence-corrected chi connectivity index (χ0v) is 11.7. The van der Waals surface area contributed by atoms with E-state index in [0.717, 1.165) is 24.0 Å². The minimum Gasteiger partial charge on any atom is -0.314 e. The summed E-state index contributed by atoms with van der Waals surface area (Å²) in [5.74, 6) is 0. The molecule has 17 heavy (non-hydrogen) atoms. The van der Waals surface area contributed by atoms with Gasteiger partial charge < -0.3 is 5.32 Å². The highest BCUT2D eigenvalue weighted by atomic mass is 35.5. The Morgan fingerprint density at radius 3 is 2.41 bits per heavy atom. The average molecular weight is 274 g/mol. The van der Waals surface area contributed by atoms with Crippen LogP contribution in [-0.4, -0.2) is 12.6 Å². The van der Waals surface area contributed by atoms with Crippen molar-refractivity contribution in [2.45, 2.75) is 44.6 Å². The Labute approximate surface area is 115 Å². The molecule has 1 N–H and O–H groups in total. The summed E-state index contributed by atoms with van der Waals surface area (Å²) >= 11 is 5.85. The maximum Gasteiger partial charge on any atom is 0.0406 e. The molecule has 0 radical (unpaired) electrons. The van der Waals surface area contributed by atoms with Crippen LogP contribution in [0.4, 0.5) is 0 Å². The van der Waals surface area contributed by atoms with Crippen molar-refractivity contribution in [3.63, 3.8) is 0 Å². The highest BCUT2D eigenvalue weighted by Gasteiger charge is 2.12. The second-order valence-electron chi connectivity index (χ2n) is 4.67. The number of hydrogen-bond acceptors (Lipinski definition) is 1. The van der Waals surface area contributed by atoms with Crippen LogP contribution in [0, 0.1) is 0 Å². The molecule has 1 aromatic carbocycles. The Kier molecular flexibility index (Phi) is 6.94. The number of nitrogens with one attached hydrogen (secondary N) is 1. The van der Waals surface area contributed by atoms with Crippen LogP contribution in [-0.2, 0) is 6.42 Å². The van der Waals surface area contributed by atoms with Crippen LogP contribution in [0.2, 0.25) is 5.02 Å². The summed E-state index contributed by atoms with van der Waals surface area (Å²) in [7, 11) is 0. The predicted octanol–water partition coefficient (Wildman–Crippen LogP) is 4.23. The first-order valence-electron chi connectivity index (χ1n) is 6.32. The second-order valence-corrected chi connectivity index (χ2v) is 5.10. The van der Waals surface area contributed by atoms with E-state index < -0.39 is 0 Å². The number of hydrogen-bond donors (Lipinski definition) is 1. The largest absolute Gasteiger partial charge is 0.314 e. The molecule has 0 heterocycles. The van der Waals surface area contributed by atoms with Gasteiger partial charge in [-0.1, -0.05) is 36.6 Å². The van der Waals surface area contributed by atoms with Crippen LogP contribution < -0.4 is 5.32 Å². The van der Waals surface area contributed by atoms with Gasteiger partial charge in [0.15, 0.2) is 0 Å². The zero-order valence-electron chi connectivity index (χ0n) is 10.1. The Hall–Kier alpha value is -0.240. The van der Waals surface area contributed by atoms with E-state index in [2.05, 4.69) is 17.4 Å². The average Bonchev–Trinajstić information content (AvgIpc) is 2.80. The Bertz CT molecular complexity index is 305. The first-order valence-corrected chi connectivity index (χ1v) is 6.70. The predicted molar refractivity (Wildman–Crippen MR) is 77.3 cm³/mol. The molecule has 0 atom stereocenters. The van der Waals surface area contributed by atoms with E-state index in [0.29, 0.717) is 0 Å². The SMILES string of the molecule is Cl.Clc1ccc(CCCNC2CCCC2)cc1. The number of aryl methyl sites for hydroxylation is 1. The van der Waals surface area contributed by atoms with Gasteiger partial charge in [0.2, 0.25) is 0 Å². The quantitative estimate of drug-likeness (QED) is 0.792. The molecular formula is C14H21Cl2N. The van der Waals surface area contributed by atoms with Crippen molar-refractivity contribution in [3.8, 4) is 0 Å². The molecule has 0 amide bonds. The summed E-state index contributed by atoms with van der Waals surface area (Å²) in [6, 6.07) is 8.99. The molecule has 96 valence electrons. The van der Waals surface area contributed by atoms with Crippen molar-refractivity contribution in [2.24, 2.45) is 0 Å². The summed E-state index contributed by atoms with van der Waals surface area (Å²) in [5, 5.41) is 4.46. The molecule has 1 fully saturated rings. The fourth-order valence-corrected chi connectivity index (χ4v) is 2.51. The second kappa shape index (κ2) is 7.97. The molecule has 0 aliphatic heterocycles. The van der Waals surface area contributed by atoms with Crippen molar-refractivity contribution in [1.29, 1.82) is 0 Å². The third kappa shape index (κ3) is 5.29. The molecule has 1 aliphatic rings. The van der Waals surface area contributed by atoms with Crippen molar-refractivity contribution >= 4 is 24.0 Å². The lowest BCUT2D eigenvalue weighted by Crippen LogP contribution is -2.27. The third-order valence-electron chi connectivity index (χ3n) is 3.34. The van der Waals surface area contributed by atoms with E-state index in [4.69, 9.17) is 11.6 Å². The molecule has 0 saturated heterocycles. The van der Waals surface area contributed by atoms with E-state index in [9.17, 15) is 0 Å². The van der Waals surface area contributed by atoms with Crippen LogP contribution in [0.25, 0.3) is 0 Å². The van der Waals surface area contributed by atoms with E-state index in [-0.39, 0.29) is 12.4 Å². The Balaban J connectivity index is 0.00000144. The Morgan fingerprint density at radius 1 is 1.12 bits per heavy atom. The topological polar surface area (TPSA) is 12.0 Å². The van der Waals surface area contributed by atoms with Gasteiger partial charge in [0.05, 0.1) is 0 Å². The minimum absolute atomic E-state index is 0. The monoisotopic (exact) mass is 273 g/mol. The highest BCUT2D eigenvalue weighted by Crippen LogP contribution is 2.17. The Morgan fingerprint density at radius 2 is 1.76 bits per heavy atom. The van der Waals surface area contributed by atoms with Crippen LogP contribution >= 0.6 is 24.0 Å². The van der Waals surface area contributed by atoms with Gasteiger partial charge in [0.1, 0.15) is 0 Å². The van der Waals surface area contributed by atoms with Crippen LogP contribution in [0.15, 0.2) is 24.3 Å². The van der Waals surface area contributed by atoms with E-state index in [1.807, 2.05) is 12.1 Å². The minimum atomic E-state index is 0. The van der Waals surface area contributed by atoms with Gasteiger partial charge in [-0.25, -0.2) is 0 Å². The number of rotatable bonds is 5. The number of halogens is 2. The van der Waals surface area contributed by atoms with Crippen molar-refractivity contribution in [2.75, 3.05) is 6.54 Å². The lowest BCUT2D eigenvalue weighted by Gasteiger charge is -2.11. The van der Waals surface area contributed by atoms with Gasteiger partial charge in [0.25, 0.3) is 0 Å². The lowest BCUT2D eigenvalue weighted by molar-refractivity contribution is 0.515. The highest BCUT2D eigenvalue weighted by molar-refractivity contribution is 6.30. The summed E-state index contributed by atoms with van der Waals surface area (Å²) in [6.45, 7) is 1.15. The van der Waals surface area contributed by atoms with Crippen LogP contribution in [0.5, 0.6) is 0 Å². The normalized spacial score (nSPS) is 15.8. The lowest BCUT2D eigenvalue weighted by atomic mass is 10.1. The molecule has 1 saturated carbocycles. The molecule has 0 spiro atoms. The van der Waals surface area contributed by atoms with Crippen molar-refractivity contribution in [1.82, 2.24) is 5.32 Å². The smallest absolute Gasteiger partial charge is 0.0406 e. The van der Waals surface area contributed by atoms with Crippen LogP contribution in [0.3, 0.4) is 0 Å². The molecular weight excluding hydrogens is 253 g/mol.